The Balaban J connectivity index is 1.85. The lowest BCUT2D eigenvalue weighted by Crippen LogP contribution is -2.44. The molecule has 0 saturated carbocycles. The number of carbonyl (C=O) groups is 2. The van der Waals surface area contributed by atoms with E-state index in [2.05, 4.69) is 5.43 Å². The number of ether oxygens (including phenoxy) is 3. The van der Waals surface area contributed by atoms with Crippen LogP contribution in [-0.4, -0.2) is 42.5 Å². The van der Waals surface area contributed by atoms with Crippen LogP contribution in [0.3, 0.4) is 0 Å². The average Bonchev–Trinajstić information content (AvgIpc) is 3.00. The minimum Gasteiger partial charge on any atom is -0.493 e. The van der Waals surface area contributed by atoms with Crippen molar-refractivity contribution >= 4 is 57.8 Å². The Morgan fingerprint density at radius 3 is 2.37 bits per heavy atom. The Hall–Kier alpha value is -2.75. The lowest BCUT2D eigenvalue weighted by Gasteiger charge is -2.15. The summed E-state index contributed by atoms with van der Waals surface area (Å²) in [5.74, 6) is 0.399. The van der Waals surface area contributed by atoms with Crippen LogP contribution >= 0.6 is 35.6 Å². The van der Waals surface area contributed by atoms with E-state index in [1.807, 2.05) is 0 Å². The van der Waals surface area contributed by atoms with Crippen LogP contribution in [0.25, 0.3) is 6.08 Å². The second kappa shape index (κ2) is 9.38. The zero-order valence-corrected chi connectivity index (χ0v) is 18.6. The maximum Gasteiger partial charge on any atom is 0.285 e. The van der Waals surface area contributed by atoms with E-state index < -0.39 is 11.8 Å². The van der Waals surface area contributed by atoms with Gasteiger partial charge in [0.15, 0.2) is 15.8 Å². The van der Waals surface area contributed by atoms with Gasteiger partial charge in [-0.25, -0.2) is 0 Å². The van der Waals surface area contributed by atoms with E-state index in [0.717, 1.165) is 16.8 Å². The van der Waals surface area contributed by atoms with Gasteiger partial charge in [-0.2, -0.15) is 5.01 Å². The van der Waals surface area contributed by atoms with Gasteiger partial charge in [-0.15, -0.1) is 0 Å². The number of rotatable bonds is 6. The number of carbonyl (C=O) groups excluding carboxylic acids is 2. The molecule has 2 amide bonds. The number of nitrogens with zero attached hydrogens (tertiary/aromatic N) is 1. The number of hydrogen-bond donors (Lipinski definition) is 1. The van der Waals surface area contributed by atoms with Gasteiger partial charge < -0.3 is 14.2 Å². The van der Waals surface area contributed by atoms with Crippen molar-refractivity contribution in [3.05, 3.63) is 57.5 Å². The number of halogens is 1. The van der Waals surface area contributed by atoms with E-state index in [4.69, 9.17) is 38.0 Å². The molecule has 1 heterocycles. The number of hydrazine groups is 1. The van der Waals surface area contributed by atoms with E-state index in [-0.39, 0.29) is 4.32 Å². The minimum absolute atomic E-state index is 0.203. The Morgan fingerprint density at radius 2 is 1.80 bits per heavy atom. The van der Waals surface area contributed by atoms with Crippen LogP contribution in [0.2, 0.25) is 5.02 Å². The predicted molar refractivity (Wildman–Crippen MR) is 120 cm³/mol. The summed E-state index contributed by atoms with van der Waals surface area (Å²) < 4.78 is 16.2. The quantitative estimate of drug-likeness (QED) is 0.513. The topological polar surface area (TPSA) is 77.1 Å². The zero-order valence-electron chi connectivity index (χ0n) is 16.2. The summed E-state index contributed by atoms with van der Waals surface area (Å²) in [5, 5.41) is 1.45. The van der Waals surface area contributed by atoms with Crippen LogP contribution < -0.4 is 19.6 Å². The molecular weight excluding hydrogens is 448 g/mol. The zero-order chi connectivity index (χ0) is 21.8. The van der Waals surface area contributed by atoms with Crippen molar-refractivity contribution in [2.45, 2.75) is 0 Å². The summed E-state index contributed by atoms with van der Waals surface area (Å²) in [6.07, 6.45) is 1.63. The fourth-order valence-electron chi connectivity index (χ4n) is 2.70. The molecule has 156 valence electrons. The average molecular weight is 465 g/mol. The highest BCUT2D eigenvalue weighted by Gasteiger charge is 2.34. The number of amides is 2. The fourth-order valence-corrected chi connectivity index (χ4v) is 4.07. The molecule has 0 bridgehead atoms. The van der Waals surface area contributed by atoms with Crippen molar-refractivity contribution in [2.24, 2.45) is 0 Å². The number of hydrogen-bond acceptors (Lipinski definition) is 7. The molecule has 1 fully saturated rings. The molecule has 0 aliphatic carbocycles. The van der Waals surface area contributed by atoms with Gasteiger partial charge in [0, 0.05) is 10.6 Å². The standard InChI is InChI=1S/C20H17ClN2O5S2/c1-26-14-7-11(8-15(27-2)17(14)28-3)9-16-19(25)23(20(29)30-16)22-18(24)12-5-4-6-13(21)10-12/h4-10H,1-3H3,(H,22,24)/b16-9-. The van der Waals surface area contributed by atoms with Crippen LogP contribution in [0, 0.1) is 0 Å². The largest absolute Gasteiger partial charge is 0.493 e. The first-order valence-corrected chi connectivity index (χ1v) is 10.1. The van der Waals surface area contributed by atoms with Gasteiger partial charge in [-0.3, -0.25) is 15.0 Å². The second-order valence-electron chi connectivity index (χ2n) is 5.93. The molecule has 3 rings (SSSR count). The molecule has 2 aromatic carbocycles. The van der Waals surface area contributed by atoms with Crippen molar-refractivity contribution in [3.8, 4) is 17.2 Å². The van der Waals surface area contributed by atoms with Crippen molar-refractivity contribution in [3.63, 3.8) is 0 Å². The molecule has 10 heteroatoms. The SMILES string of the molecule is COc1cc(/C=C2\SC(=S)N(NC(=O)c3cccc(Cl)c3)C2=O)cc(OC)c1OC. The smallest absolute Gasteiger partial charge is 0.285 e. The first-order chi connectivity index (χ1) is 14.4. The Bertz CT molecular complexity index is 1030. The molecular formula is C20H17ClN2O5S2. The van der Waals surface area contributed by atoms with Gasteiger partial charge >= 0.3 is 0 Å². The van der Waals surface area contributed by atoms with Crippen LogP contribution in [-0.2, 0) is 4.79 Å². The maximum atomic E-state index is 12.8. The van der Waals surface area contributed by atoms with Gasteiger partial charge in [-0.1, -0.05) is 29.4 Å². The highest BCUT2D eigenvalue weighted by Crippen LogP contribution is 2.40. The molecule has 1 saturated heterocycles. The summed E-state index contributed by atoms with van der Waals surface area (Å²) in [6, 6.07) is 9.80. The Labute approximate surface area is 187 Å². The van der Waals surface area contributed by atoms with Crippen LogP contribution in [0.1, 0.15) is 15.9 Å². The summed E-state index contributed by atoms with van der Waals surface area (Å²) in [4.78, 5) is 25.6. The third-order valence-electron chi connectivity index (χ3n) is 4.08. The third-order valence-corrected chi connectivity index (χ3v) is 5.62. The number of benzene rings is 2. The Kier molecular flexibility index (Phi) is 6.86. The molecule has 2 aromatic rings. The van der Waals surface area contributed by atoms with Crippen molar-refractivity contribution in [2.75, 3.05) is 21.3 Å². The maximum absolute atomic E-state index is 12.8. The molecule has 30 heavy (non-hydrogen) atoms. The third kappa shape index (κ3) is 4.53. The van der Waals surface area contributed by atoms with Crippen LogP contribution in [0.5, 0.6) is 17.2 Å². The van der Waals surface area contributed by atoms with Crippen LogP contribution in [0.4, 0.5) is 0 Å². The molecule has 0 unspecified atom stereocenters. The highest BCUT2D eigenvalue weighted by molar-refractivity contribution is 8.26. The summed E-state index contributed by atoms with van der Waals surface area (Å²) >= 11 is 12.2. The fraction of sp³-hybridized carbons (Fsp3) is 0.150. The van der Waals surface area contributed by atoms with Crippen molar-refractivity contribution < 1.29 is 23.8 Å². The molecule has 7 nitrogen and oxygen atoms in total. The molecule has 0 atom stereocenters. The Morgan fingerprint density at radius 1 is 1.13 bits per heavy atom. The lowest BCUT2D eigenvalue weighted by atomic mass is 10.1. The van der Waals surface area contributed by atoms with E-state index in [1.165, 1.54) is 27.4 Å². The minimum atomic E-state index is -0.497. The van der Waals surface area contributed by atoms with Crippen LogP contribution in [0.15, 0.2) is 41.3 Å². The first-order valence-electron chi connectivity index (χ1n) is 8.52. The summed E-state index contributed by atoms with van der Waals surface area (Å²) in [7, 11) is 4.52. The summed E-state index contributed by atoms with van der Waals surface area (Å²) in [6.45, 7) is 0. The summed E-state index contributed by atoms with van der Waals surface area (Å²) in [5.41, 5.74) is 3.47. The molecule has 0 spiro atoms. The molecule has 0 radical (unpaired) electrons. The second-order valence-corrected chi connectivity index (χ2v) is 8.04. The van der Waals surface area contributed by atoms with Gasteiger partial charge in [0.25, 0.3) is 11.8 Å². The monoisotopic (exact) mass is 464 g/mol. The van der Waals surface area contributed by atoms with Gasteiger partial charge in [0.1, 0.15) is 0 Å². The predicted octanol–water partition coefficient (Wildman–Crippen LogP) is 3.91. The highest BCUT2D eigenvalue weighted by atomic mass is 35.5. The van der Waals surface area contributed by atoms with Gasteiger partial charge in [-0.05, 0) is 54.2 Å². The van der Waals surface area contributed by atoms with E-state index in [9.17, 15) is 9.59 Å². The van der Waals surface area contributed by atoms with E-state index in [1.54, 1.807) is 36.4 Å². The molecule has 0 aromatic heterocycles. The molecule has 1 N–H and O–H groups in total. The molecule has 1 aliphatic rings. The van der Waals surface area contributed by atoms with E-state index >= 15 is 0 Å². The lowest BCUT2D eigenvalue weighted by molar-refractivity contribution is -0.123. The van der Waals surface area contributed by atoms with Gasteiger partial charge in [0.05, 0.1) is 26.2 Å². The number of thiocarbonyl (C=S) groups is 1. The van der Waals surface area contributed by atoms with E-state index in [0.29, 0.717) is 38.3 Å². The van der Waals surface area contributed by atoms with Gasteiger partial charge in [0.2, 0.25) is 5.75 Å². The number of methoxy groups -OCH3 is 3. The van der Waals surface area contributed by atoms with Crippen molar-refractivity contribution in [1.82, 2.24) is 10.4 Å². The van der Waals surface area contributed by atoms with Crippen molar-refractivity contribution in [1.29, 1.82) is 0 Å². The number of nitrogens with one attached hydrogen (secondary N) is 1. The normalized spacial score (nSPS) is 14.8. The number of thioether (sulfide) groups is 1. The first kappa shape index (κ1) is 21.9. The molecule has 1 aliphatic heterocycles.